The lowest BCUT2D eigenvalue weighted by Crippen LogP contribution is -2.10. The summed E-state index contributed by atoms with van der Waals surface area (Å²) in [7, 11) is 0. The minimum absolute atomic E-state index is 0.0205. The second-order valence-electron chi connectivity index (χ2n) is 3.36. The van der Waals surface area contributed by atoms with Crippen LogP contribution in [0.15, 0.2) is 12.4 Å². The van der Waals surface area contributed by atoms with E-state index >= 15 is 0 Å². The molecule has 2 N–H and O–H groups in total. The van der Waals surface area contributed by atoms with Gasteiger partial charge in [0.05, 0.1) is 6.04 Å². The third-order valence-corrected chi connectivity index (χ3v) is 2.21. The molecular formula is C9H11ClN6. The highest BCUT2D eigenvalue weighted by Crippen LogP contribution is 2.16. The largest absolute Gasteiger partial charge is 0.360 e. The summed E-state index contributed by atoms with van der Waals surface area (Å²) in [5.41, 5.74) is 0. The van der Waals surface area contributed by atoms with Gasteiger partial charge in [-0.2, -0.15) is 5.10 Å². The molecule has 0 aromatic carbocycles. The summed E-state index contributed by atoms with van der Waals surface area (Å²) in [5, 5.41) is 10.1. The Morgan fingerprint density at radius 3 is 2.88 bits per heavy atom. The molecule has 6 nitrogen and oxygen atoms in total. The molecule has 2 rings (SSSR count). The molecule has 7 heteroatoms. The Hall–Kier alpha value is -1.69. The van der Waals surface area contributed by atoms with Crippen LogP contribution in [0.5, 0.6) is 0 Å². The second-order valence-corrected chi connectivity index (χ2v) is 3.75. The van der Waals surface area contributed by atoms with Gasteiger partial charge in [0.1, 0.15) is 28.9 Å². The summed E-state index contributed by atoms with van der Waals surface area (Å²) in [4.78, 5) is 12.2. The van der Waals surface area contributed by atoms with Crippen molar-refractivity contribution in [3.05, 3.63) is 29.2 Å². The molecule has 2 aromatic heterocycles. The van der Waals surface area contributed by atoms with Gasteiger partial charge in [0.2, 0.25) is 0 Å². The molecular weight excluding hydrogens is 228 g/mol. The van der Waals surface area contributed by atoms with E-state index in [1.807, 2.05) is 6.92 Å². The topological polar surface area (TPSA) is 79.4 Å². The molecule has 0 fully saturated rings. The Morgan fingerprint density at radius 1 is 1.44 bits per heavy atom. The van der Waals surface area contributed by atoms with E-state index < -0.39 is 0 Å². The van der Waals surface area contributed by atoms with Crippen LogP contribution in [0.3, 0.4) is 0 Å². The Labute approximate surface area is 97.5 Å². The number of aromatic nitrogens is 5. The fourth-order valence-corrected chi connectivity index (χ4v) is 1.54. The van der Waals surface area contributed by atoms with Crippen LogP contribution < -0.4 is 5.32 Å². The molecule has 0 saturated heterocycles. The normalized spacial score (nSPS) is 12.4. The number of aromatic amines is 1. The predicted molar refractivity (Wildman–Crippen MR) is 60.2 cm³/mol. The predicted octanol–water partition coefficient (Wildman–Crippen LogP) is 1.73. The lowest BCUT2D eigenvalue weighted by Gasteiger charge is -2.11. The highest BCUT2D eigenvalue weighted by molar-refractivity contribution is 6.29. The number of anilines is 1. The average molecular weight is 239 g/mol. The van der Waals surface area contributed by atoms with Gasteiger partial charge in [-0.1, -0.05) is 11.6 Å². The molecule has 0 saturated carbocycles. The Morgan fingerprint density at radius 2 is 2.25 bits per heavy atom. The second kappa shape index (κ2) is 4.44. The van der Waals surface area contributed by atoms with E-state index in [0.29, 0.717) is 16.8 Å². The average Bonchev–Trinajstić information content (AvgIpc) is 2.68. The molecule has 2 heterocycles. The zero-order chi connectivity index (χ0) is 11.5. The number of halogens is 1. The molecule has 1 atom stereocenters. The minimum atomic E-state index is -0.0205. The van der Waals surface area contributed by atoms with Gasteiger partial charge >= 0.3 is 0 Å². The van der Waals surface area contributed by atoms with Crippen LogP contribution in [-0.2, 0) is 0 Å². The van der Waals surface area contributed by atoms with Crippen molar-refractivity contribution in [1.82, 2.24) is 25.1 Å². The van der Waals surface area contributed by atoms with Crippen LogP contribution in [0.4, 0.5) is 5.82 Å². The van der Waals surface area contributed by atoms with Crippen LogP contribution >= 0.6 is 11.6 Å². The monoisotopic (exact) mass is 238 g/mol. The zero-order valence-corrected chi connectivity index (χ0v) is 9.65. The minimum Gasteiger partial charge on any atom is -0.360 e. The molecule has 0 spiro atoms. The quantitative estimate of drug-likeness (QED) is 0.796. The van der Waals surface area contributed by atoms with Crippen LogP contribution in [0, 0.1) is 6.92 Å². The van der Waals surface area contributed by atoms with Crippen molar-refractivity contribution in [3.63, 3.8) is 0 Å². The summed E-state index contributed by atoms with van der Waals surface area (Å²) in [6.45, 7) is 3.74. The van der Waals surface area contributed by atoms with Crippen LogP contribution in [0.1, 0.15) is 24.6 Å². The molecule has 0 bridgehead atoms. The van der Waals surface area contributed by atoms with E-state index in [4.69, 9.17) is 11.6 Å². The van der Waals surface area contributed by atoms with E-state index in [9.17, 15) is 0 Å². The van der Waals surface area contributed by atoms with Gasteiger partial charge in [0.25, 0.3) is 0 Å². The first-order valence-corrected chi connectivity index (χ1v) is 5.16. The van der Waals surface area contributed by atoms with Crippen molar-refractivity contribution < 1.29 is 0 Å². The Bertz CT molecular complexity index is 449. The van der Waals surface area contributed by atoms with Gasteiger partial charge in [-0.05, 0) is 13.8 Å². The SMILES string of the molecule is Cc1nc(Cl)cc(NC(C)c2ncn[nH]2)n1. The van der Waals surface area contributed by atoms with Crippen molar-refractivity contribution in [2.75, 3.05) is 5.32 Å². The standard InChI is InChI=1S/C9H11ClN6/c1-5(9-11-4-12-16-9)13-8-3-7(10)14-6(2)15-8/h3-5H,1-2H3,(H,11,12,16)(H,13,14,15). The maximum absolute atomic E-state index is 5.83. The van der Waals surface area contributed by atoms with Crippen LogP contribution in [0.25, 0.3) is 0 Å². The molecule has 16 heavy (non-hydrogen) atoms. The smallest absolute Gasteiger partial charge is 0.146 e. The van der Waals surface area contributed by atoms with E-state index in [1.165, 1.54) is 6.33 Å². The van der Waals surface area contributed by atoms with E-state index in [1.54, 1.807) is 13.0 Å². The number of hydrogen-bond donors (Lipinski definition) is 2. The molecule has 0 radical (unpaired) electrons. The molecule has 0 aliphatic carbocycles. The van der Waals surface area contributed by atoms with Gasteiger partial charge in [0.15, 0.2) is 0 Å². The maximum atomic E-state index is 5.83. The highest BCUT2D eigenvalue weighted by Gasteiger charge is 2.09. The van der Waals surface area contributed by atoms with Gasteiger partial charge in [-0.3, -0.25) is 5.10 Å². The summed E-state index contributed by atoms with van der Waals surface area (Å²) < 4.78 is 0. The van der Waals surface area contributed by atoms with Crippen LogP contribution in [-0.4, -0.2) is 25.1 Å². The summed E-state index contributed by atoms with van der Waals surface area (Å²) in [6, 6.07) is 1.65. The van der Waals surface area contributed by atoms with Crippen molar-refractivity contribution in [1.29, 1.82) is 0 Å². The first-order valence-electron chi connectivity index (χ1n) is 4.78. The number of H-pyrrole nitrogens is 1. The molecule has 2 aromatic rings. The lowest BCUT2D eigenvalue weighted by molar-refractivity contribution is 0.787. The summed E-state index contributed by atoms with van der Waals surface area (Å²) >= 11 is 5.83. The fraction of sp³-hybridized carbons (Fsp3) is 0.333. The van der Waals surface area contributed by atoms with Gasteiger partial charge in [0, 0.05) is 6.07 Å². The maximum Gasteiger partial charge on any atom is 0.146 e. The number of nitrogens with one attached hydrogen (secondary N) is 2. The van der Waals surface area contributed by atoms with E-state index in [0.717, 1.165) is 5.82 Å². The third-order valence-electron chi connectivity index (χ3n) is 2.01. The van der Waals surface area contributed by atoms with Crippen molar-refractivity contribution in [2.45, 2.75) is 19.9 Å². The Kier molecular flexibility index (Phi) is 3.00. The lowest BCUT2D eigenvalue weighted by atomic mass is 10.3. The first-order chi connectivity index (χ1) is 7.65. The van der Waals surface area contributed by atoms with Crippen LogP contribution in [0.2, 0.25) is 5.15 Å². The third kappa shape index (κ3) is 2.46. The summed E-state index contributed by atoms with van der Waals surface area (Å²) in [6.07, 6.45) is 1.46. The Balaban J connectivity index is 2.15. The molecule has 1 unspecified atom stereocenters. The highest BCUT2D eigenvalue weighted by atomic mass is 35.5. The van der Waals surface area contributed by atoms with Gasteiger partial charge in [-0.25, -0.2) is 15.0 Å². The molecule has 0 aliphatic rings. The number of nitrogens with zero attached hydrogens (tertiary/aromatic N) is 4. The van der Waals surface area contributed by atoms with Crippen molar-refractivity contribution in [2.24, 2.45) is 0 Å². The van der Waals surface area contributed by atoms with Crippen molar-refractivity contribution >= 4 is 17.4 Å². The number of aryl methyl sites for hydroxylation is 1. The molecule has 0 aliphatic heterocycles. The summed E-state index contributed by atoms with van der Waals surface area (Å²) in [5.74, 6) is 2.04. The number of rotatable bonds is 3. The molecule has 0 amide bonds. The van der Waals surface area contributed by atoms with Gasteiger partial charge in [-0.15, -0.1) is 0 Å². The first kappa shape index (κ1) is 10.8. The van der Waals surface area contributed by atoms with E-state index in [2.05, 4.69) is 30.5 Å². The zero-order valence-electron chi connectivity index (χ0n) is 8.90. The molecule has 84 valence electrons. The fourth-order valence-electron chi connectivity index (χ4n) is 1.32. The van der Waals surface area contributed by atoms with Gasteiger partial charge < -0.3 is 5.32 Å². The number of hydrogen-bond acceptors (Lipinski definition) is 5. The van der Waals surface area contributed by atoms with Crippen molar-refractivity contribution in [3.8, 4) is 0 Å². The van der Waals surface area contributed by atoms with E-state index in [-0.39, 0.29) is 6.04 Å².